The molecule has 19 heavy (non-hydrogen) atoms. The van der Waals surface area contributed by atoms with E-state index in [1.807, 2.05) is 31.2 Å². The second kappa shape index (κ2) is 5.97. The van der Waals surface area contributed by atoms with Crippen LogP contribution in [0.4, 0.5) is 0 Å². The van der Waals surface area contributed by atoms with E-state index < -0.39 is 0 Å². The van der Waals surface area contributed by atoms with Gasteiger partial charge in [0.05, 0.1) is 5.92 Å². The number of halogens is 1. The molecule has 1 unspecified atom stereocenters. The molecule has 100 valence electrons. The molecule has 1 heterocycles. The molecule has 4 nitrogen and oxygen atoms in total. The fourth-order valence-corrected chi connectivity index (χ4v) is 2.03. The van der Waals surface area contributed by atoms with Gasteiger partial charge in [0.25, 0.3) is 0 Å². The summed E-state index contributed by atoms with van der Waals surface area (Å²) < 4.78 is 5.17. The number of hydrogen-bond acceptors (Lipinski definition) is 4. The fourth-order valence-electron chi connectivity index (χ4n) is 1.90. The first-order valence-electron chi connectivity index (χ1n) is 6.17. The second-order valence-electron chi connectivity index (χ2n) is 4.42. The van der Waals surface area contributed by atoms with Gasteiger partial charge < -0.3 is 4.52 Å². The van der Waals surface area contributed by atoms with Crippen LogP contribution in [0.15, 0.2) is 28.8 Å². The number of carbonyl (C=O) groups excluding carboxylic acids is 1. The average molecular weight is 279 g/mol. The van der Waals surface area contributed by atoms with E-state index in [2.05, 4.69) is 10.1 Å². The molecule has 0 aliphatic rings. The van der Waals surface area contributed by atoms with Gasteiger partial charge in [-0.1, -0.05) is 35.8 Å². The Balaban J connectivity index is 2.13. The highest BCUT2D eigenvalue weighted by Crippen LogP contribution is 2.19. The number of carbonyl (C=O) groups is 1. The lowest BCUT2D eigenvalue weighted by Crippen LogP contribution is -2.08. The molecular formula is C14H15ClN2O2. The van der Waals surface area contributed by atoms with Crippen LogP contribution in [0.1, 0.15) is 43.5 Å². The van der Waals surface area contributed by atoms with E-state index in [0.29, 0.717) is 29.6 Å². The summed E-state index contributed by atoms with van der Waals surface area (Å²) in [5.41, 5.74) is 1.05. The van der Waals surface area contributed by atoms with Crippen molar-refractivity contribution in [1.82, 2.24) is 10.1 Å². The summed E-state index contributed by atoms with van der Waals surface area (Å²) in [6, 6.07) is 7.48. The monoisotopic (exact) mass is 278 g/mol. The summed E-state index contributed by atoms with van der Waals surface area (Å²) >= 11 is 5.83. The Bertz CT molecular complexity index is 563. The molecule has 0 aliphatic carbocycles. The maximum Gasteiger partial charge on any atom is 0.237 e. The summed E-state index contributed by atoms with van der Waals surface area (Å²) in [5, 5.41) is 4.61. The van der Waals surface area contributed by atoms with Crippen LogP contribution in [0.5, 0.6) is 0 Å². The molecule has 1 aromatic carbocycles. The predicted molar refractivity (Wildman–Crippen MR) is 72.3 cm³/mol. The summed E-state index contributed by atoms with van der Waals surface area (Å²) in [4.78, 5) is 15.7. The van der Waals surface area contributed by atoms with E-state index in [0.717, 1.165) is 5.56 Å². The maximum absolute atomic E-state index is 11.4. The fraction of sp³-hybridized carbons (Fsp3) is 0.357. The smallest absolute Gasteiger partial charge is 0.237 e. The average Bonchev–Trinajstić information content (AvgIpc) is 2.81. The van der Waals surface area contributed by atoms with Crippen molar-refractivity contribution < 1.29 is 9.32 Å². The van der Waals surface area contributed by atoms with Crippen LogP contribution in [0.25, 0.3) is 0 Å². The lowest BCUT2D eigenvalue weighted by molar-refractivity contribution is -0.119. The first-order chi connectivity index (χ1) is 9.10. The molecule has 0 N–H and O–H groups in total. The molecule has 2 aromatic rings. The number of Topliss-reactive ketones (excluding diaryl/α,β-unsaturated/α-hetero) is 1. The second-order valence-corrected chi connectivity index (χ2v) is 4.86. The zero-order valence-electron chi connectivity index (χ0n) is 10.9. The van der Waals surface area contributed by atoms with E-state index in [-0.39, 0.29) is 11.7 Å². The first-order valence-corrected chi connectivity index (χ1v) is 6.55. The predicted octanol–water partition coefficient (Wildman–Crippen LogP) is 3.40. The standard InChI is InChI=1S/C14H15ClN2O2/c1-3-12(9(2)18)14-16-13(17-19-14)8-10-4-6-11(15)7-5-10/h4-7,12H,3,8H2,1-2H3. The largest absolute Gasteiger partial charge is 0.339 e. The van der Waals surface area contributed by atoms with Gasteiger partial charge in [-0.15, -0.1) is 0 Å². The number of nitrogens with zero attached hydrogens (tertiary/aromatic N) is 2. The van der Waals surface area contributed by atoms with Gasteiger partial charge in [-0.25, -0.2) is 0 Å². The zero-order chi connectivity index (χ0) is 13.8. The molecule has 0 aliphatic heterocycles. The van der Waals surface area contributed by atoms with Gasteiger partial charge in [-0.05, 0) is 31.0 Å². The molecule has 0 amide bonds. The van der Waals surface area contributed by atoms with E-state index in [1.165, 1.54) is 6.92 Å². The van der Waals surface area contributed by atoms with Crippen molar-refractivity contribution in [2.45, 2.75) is 32.6 Å². The minimum Gasteiger partial charge on any atom is -0.339 e. The van der Waals surface area contributed by atoms with Crippen LogP contribution in [-0.4, -0.2) is 15.9 Å². The Morgan fingerprint density at radius 1 is 1.37 bits per heavy atom. The molecular weight excluding hydrogens is 264 g/mol. The van der Waals surface area contributed by atoms with Crippen LogP contribution in [0.2, 0.25) is 5.02 Å². The van der Waals surface area contributed by atoms with Crippen molar-refractivity contribution in [1.29, 1.82) is 0 Å². The molecule has 5 heteroatoms. The van der Waals surface area contributed by atoms with Crippen molar-refractivity contribution in [2.24, 2.45) is 0 Å². The summed E-state index contributed by atoms with van der Waals surface area (Å²) in [6.45, 7) is 3.46. The minimum absolute atomic E-state index is 0.0455. The van der Waals surface area contributed by atoms with Gasteiger partial charge in [0, 0.05) is 11.4 Å². The Labute approximate surface area is 116 Å². The first kappa shape index (κ1) is 13.7. The molecule has 1 aromatic heterocycles. The molecule has 0 radical (unpaired) electrons. The third-order valence-corrected chi connectivity index (χ3v) is 3.21. The third-order valence-electron chi connectivity index (χ3n) is 2.96. The Kier molecular flexibility index (Phi) is 4.32. The molecule has 0 bridgehead atoms. The third kappa shape index (κ3) is 3.41. The van der Waals surface area contributed by atoms with Crippen LogP contribution in [0.3, 0.4) is 0 Å². The van der Waals surface area contributed by atoms with Gasteiger partial charge in [0.1, 0.15) is 5.78 Å². The van der Waals surface area contributed by atoms with Crippen LogP contribution < -0.4 is 0 Å². The summed E-state index contributed by atoms with van der Waals surface area (Å²) in [5.74, 6) is 0.728. The molecule has 0 saturated carbocycles. The number of benzene rings is 1. The number of rotatable bonds is 5. The molecule has 2 rings (SSSR count). The van der Waals surface area contributed by atoms with Crippen molar-refractivity contribution in [3.05, 3.63) is 46.6 Å². The van der Waals surface area contributed by atoms with Crippen LogP contribution in [0, 0.1) is 0 Å². The highest BCUT2D eigenvalue weighted by atomic mass is 35.5. The minimum atomic E-state index is -0.300. The lowest BCUT2D eigenvalue weighted by atomic mass is 10.0. The SMILES string of the molecule is CCC(C(C)=O)c1nc(Cc2ccc(Cl)cc2)no1. The van der Waals surface area contributed by atoms with Crippen LogP contribution >= 0.6 is 11.6 Å². The van der Waals surface area contributed by atoms with Crippen molar-refractivity contribution in [2.75, 3.05) is 0 Å². The van der Waals surface area contributed by atoms with Crippen molar-refractivity contribution in [3.63, 3.8) is 0 Å². The molecule has 1 atom stereocenters. The van der Waals surface area contributed by atoms with Gasteiger partial charge in [-0.2, -0.15) is 4.98 Å². The van der Waals surface area contributed by atoms with E-state index in [4.69, 9.17) is 16.1 Å². The van der Waals surface area contributed by atoms with Gasteiger partial charge in [-0.3, -0.25) is 4.79 Å². The normalized spacial score (nSPS) is 12.4. The Morgan fingerprint density at radius 2 is 2.05 bits per heavy atom. The van der Waals surface area contributed by atoms with Crippen LogP contribution in [-0.2, 0) is 11.2 Å². The Morgan fingerprint density at radius 3 is 2.63 bits per heavy atom. The van der Waals surface area contributed by atoms with Gasteiger partial charge >= 0.3 is 0 Å². The molecule has 0 saturated heterocycles. The quantitative estimate of drug-likeness (QED) is 0.841. The van der Waals surface area contributed by atoms with E-state index >= 15 is 0 Å². The maximum atomic E-state index is 11.4. The van der Waals surface area contributed by atoms with E-state index in [1.54, 1.807) is 0 Å². The highest BCUT2D eigenvalue weighted by molar-refractivity contribution is 6.30. The number of aromatic nitrogens is 2. The highest BCUT2D eigenvalue weighted by Gasteiger charge is 2.21. The van der Waals surface area contributed by atoms with Crippen molar-refractivity contribution >= 4 is 17.4 Å². The molecule has 0 fully saturated rings. The topological polar surface area (TPSA) is 56.0 Å². The van der Waals surface area contributed by atoms with Gasteiger partial charge in [0.2, 0.25) is 5.89 Å². The van der Waals surface area contributed by atoms with Crippen molar-refractivity contribution in [3.8, 4) is 0 Å². The van der Waals surface area contributed by atoms with E-state index in [9.17, 15) is 4.79 Å². The number of hydrogen-bond donors (Lipinski definition) is 0. The Hall–Kier alpha value is -1.68. The summed E-state index contributed by atoms with van der Waals surface area (Å²) in [6.07, 6.45) is 1.23. The summed E-state index contributed by atoms with van der Waals surface area (Å²) in [7, 11) is 0. The zero-order valence-corrected chi connectivity index (χ0v) is 11.6. The molecule has 0 spiro atoms. The number of ketones is 1. The lowest BCUT2D eigenvalue weighted by Gasteiger charge is -2.03. The van der Waals surface area contributed by atoms with Gasteiger partial charge in [0.15, 0.2) is 5.82 Å².